The molecule has 0 fully saturated rings. The molecule has 0 radical (unpaired) electrons. The van der Waals surface area contributed by atoms with E-state index in [2.05, 4.69) is 25.9 Å². The number of aryl methyl sites for hydroxylation is 2. The molecule has 9 heteroatoms. The minimum Gasteiger partial charge on any atom is -0.310 e. The van der Waals surface area contributed by atoms with E-state index in [4.69, 9.17) is 0 Å². The second-order valence-electron chi connectivity index (χ2n) is 4.84. The summed E-state index contributed by atoms with van der Waals surface area (Å²) < 4.78 is 3.23. The smallest absolute Gasteiger partial charge is 0.235 e. The Bertz CT molecular complexity index is 812. The van der Waals surface area contributed by atoms with E-state index in [0.29, 0.717) is 11.0 Å². The number of anilines is 1. The maximum absolute atomic E-state index is 12.1. The van der Waals surface area contributed by atoms with Gasteiger partial charge in [0, 0.05) is 13.1 Å². The molecule has 0 bridgehead atoms. The van der Waals surface area contributed by atoms with Gasteiger partial charge < -0.3 is 5.32 Å². The molecule has 3 aromatic rings. The van der Waals surface area contributed by atoms with Crippen molar-refractivity contribution < 1.29 is 4.79 Å². The summed E-state index contributed by atoms with van der Waals surface area (Å²) in [6, 6.07) is 11.4. The monoisotopic (exact) mass is 329 g/mol. The van der Waals surface area contributed by atoms with Gasteiger partial charge in [0.1, 0.15) is 5.82 Å². The fourth-order valence-electron chi connectivity index (χ4n) is 2.04. The van der Waals surface area contributed by atoms with Crippen molar-refractivity contribution in [1.82, 2.24) is 30.0 Å². The predicted molar refractivity (Wildman–Crippen MR) is 86.5 cm³/mol. The third-order valence-electron chi connectivity index (χ3n) is 3.04. The first-order valence-electron chi connectivity index (χ1n) is 6.90. The Hall–Kier alpha value is -2.68. The zero-order chi connectivity index (χ0) is 16.2. The van der Waals surface area contributed by atoms with Crippen molar-refractivity contribution in [2.75, 3.05) is 11.1 Å². The van der Waals surface area contributed by atoms with E-state index in [1.807, 2.05) is 43.3 Å². The van der Waals surface area contributed by atoms with Crippen molar-refractivity contribution in [2.24, 2.45) is 7.05 Å². The SMILES string of the molecule is Cc1cc(NC(=O)CSc2nnnn2-c2ccccc2)n(C)n1. The van der Waals surface area contributed by atoms with E-state index in [0.717, 1.165) is 11.4 Å². The first-order valence-corrected chi connectivity index (χ1v) is 7.89. The van der Waals surface area contributed by atoms with Crippen LogP contribution < -0.4 is 5.32 Å². The predicted octanol–water partition coefficient (Wildman–Crippen LogP) is 1.44. The molecule has 0 aliphatic carbocycles. The molecule has 1 amide bonds. The van der Waals surface area contributed by atoms with Gasteiger partial charge in [0.25, 0.3) is 0 Å². The molecule has 0 saturated carbocycles. The average Bonchev–Trinajstić information content (AvgIpc) is 3.13. The van der Waals surface area contributed by atoms with Crippen LogP contribution in [0.1, 0.15) is 5.69 Å². The zero-order valence-corrected chi connectivity index (χ0v) is 13.5. The summed E-state index contributed by atoms with van der Waals surface area (Å²) in [5.74, 6) is 0.730. The molecule has 0 unspecified atom stereocenters. The quantitative estimate of drug-likeness (QED) is 0.712. The molecule has 0 aliphatic heterocycles. The minimum absolute atomic E-state index is 0.138. The number of thioether (sulfide) groups is 1. The summed E-state index contributed by atoms with van der Waals surface area (Å²) >= 11 is 1.27. The Balaban J connectivity index is 1.64. The van der Waals surface area contributed by atoms with Crippen LogP contribution in [0, 0.1) is 6.92 Å². The van der Waals surface area contributed by atoms with E-state index >= 15 is 0 Å². The van der Waals surface area contributed by atoms with E-state index in [9.17, 15) is 4.79 Å². The minimum atomic E-state index is -0.138. The normalized spacial score (nSPS) is 10.7. The summed E-state index contributed by atoms with van der Waals surface area (Å²) in [7, 11) is 1.78. The Morgan fingerprint density at radius 1 is 1.30 bits per heavy atom. The topological polar surface area (TPSA) is 90.5 Å². The number of rotatable bonds is 5. The molecule has 0 saturated heterocycles. The molecule has 1 aromatic carbocycles. The lowest BCUT2D eigenvalue weighted by molar-refractivity contribution is -0.113. The van der Waals surface area contributed by atoms with Gasteiger partial charge in [-0.25, -0.2) is 0 Å². The Labute approximate surface area is 136 Å². The summed E-state index contributed by atoms with van der Waals surface area (Å²) in [5, 5.41) is 19.2. The molecule has 2 aromatic heterocycles. The highest BCUT2D eigenvalue weighted by atomic mass is 32.2. The number of para-hydroxylation sites is 1. The van der Waals surface area contributed by atoms with Crippen LogP contribution in [0.3, 0.4) is 0 Å². The van der Waals surface area contributed by atoms with Gasteiger partial charge in [-0.2, -0.15) is 9.78 Å². The van der Waals surface area contributed by atoms with Crippen molar-refractivity contribution in [3.8, 4) is 5.69 Å². The first kappa shape index (κ1) is 15.2. The van der Waals surface area contributed by atoms with E-state index in [-0.39, 0.29) is 11.7 Å². The lowest BCUT2D eigenvalue weighted by Crippen LogP contribution is -2.16. The molecule has 0 spiro atoms. The number of carbonyl (C=O) groups excluding carboxylic acids is 1. The van der Waals surface area contributed by atoms with Crippen LogP contribution in [-0.4, -0.2) is 41.6 Å². The highest BCUT2D eigenvalue weighted by Gasteiger charge is 2.12. The Morgan fingerprint density at radius 3 is 2.78 bits per heavy atom. The van der Waals surface area contributed by atoms with Gasteiger partial charge in [0.2, 0.25) is 11.1 Å². The van der Waals surface area contributed by atoms with Crippen LogP contribution in [-0.2, 0) is 11.8 Å². The van der Waals surface area contributed by atoms with Gasteiger partial charge in [-0.3, -0.25) is 9.48 Å². The lowest BCUT2D eigenvalue weighted by atomic mass is 10.3. The van der Waals surface area contributed by atoms with Crippen molar-refractivity contribution in [3.05, 3.63) is 42.1 Å². The van der Waals surface area contributed by atoms with Gasteiger partial charge in [-0.05, 0) is 29.5 Å². The lowest BCUT2D eigenvalue weighted by Gasteiger charge is -2.05. The molecule has 2 heterocycles. The fraction of sp³-hybridized carbons (Fsp3) is 0.214. The summed E-state index contributed by atoms with van der Waals surface area (Å²) in [5.41, 5.74) is 1.70. The van der Waals surface area contributed by atoms with Gasteiger partial charge in [0.15, 0.2) is 0 Å². The maximum Gasteiger partial charge on any atom is 0.235 e. The molecule has 1 N–H and O–H groups in total. The summed E-state index contributed by atoms with van der Waals surface area (Å²) in [6.45, 7) is 1.87. The van der Waals surface area contributed by atoms with Gasteiger partial charge in [-0.15, -0.1) is 5.10 Å². The van der Waals surface area contributed by atoms with Crippen LogP contribution in [0.2, 0.25) is 0 Å². The molecule has 0 aliphatic rings. The first-order chi connectivity index (χ1) is 11.1. The average molecular weight is 329 g/mol. The molecule has 23 heavy (non-hydrogen) atoms. The second-order valence-corrected chi connectivity index (χ2v) is 5.78. The van der Waals surface area contributed by atoms with Gasteiger partial charge >= 0.3 is 0 Å². The van der Waals surface area contributed by atoms with E-state index in [1.54, 1.807) is 16.4 Å². The number of tetrazole rings is 1. The van der Waals surface area contributed by atoms with Gasteiger partial charge in [-0.1, -0.05) is 30.0 Å². The van der Waals surface area contributed by atoms with Crippen LogP contribution in [0.25, 0.3) is 5.69 Å². The molecule has 0 atom stereocenters. The number of carbonyl (C=O) groups is 1. The number of nitrogens with zero attached hydrogens (tertiary/aromatic N) is 6. The molecule has 3 rings (SSSR count). The summed E-state index contributed by atoms with van der Waals surface area (Å²) in [4.78, 5) is 12.1. The molecular weight excluding hydrogens is 314 g/mol. The third-order valence-corrected chi connectivity index (χ3v) is 3.96. The highest BCUT2D eigenvalue weighted by Crippen LogP contribution is 2.18. The van der Waals surface area contributed by atoms with Crippen molar-refractivity contribution in [3.63, 3.8) is 0 Å². The molecule has 8 nitrogen and oxygen atoms in total. The van der Waals surface area contributed by atoms with Crippen molar-refractivity contribution in [2.45, 2.75) is 12.1 Å². The fourth-order valence-corrected chi connectivity index (χ4v) is 2.73. The maximum atomic E-state index is 12.1. The van der Waals surface area contributed by atoms with E-state index < -0.39 is 0 Å². The molecular formula is C14H15N7OS. The Morgan fingerprint density at radius 2 is 2.09 bits per heavy atom. The van der Waals surface area contributed by atoms with Crippen LogP contribution in [0.5, 0.6) is 0 Å². The van der Waals surface area contributed by atoms with Crippen LogP contribution in [0.4, 0.5) is 5.82 Å². The number of benzene rings is 1. The zero-order valence-electron chi connectivity index (χ0n) is 12.7. The van der Waals surface area contributed by atoms with Crippen LogP contribution >= 0.6 is 11.8 Å². The molecule has 118 valence electrons. The third kappa shape index (κ3) is 3.57. The highest BCUT2D eigenvalue weighted by molar-refractivity contribution is 7.99. The Kier molecular flexibility index (Phi) is 4.38. The number of aromatic nitrogens is 6. The van der Waals surface area contributed by atoms with Gasteiger partial charge in [0.05, 0.1) is 17.1 Å². The summed E-state index contributed by atoms with van der Waals surface area (Å²) in [6.07, 6.45) is 0. The number of nitrogens with one attached hydrogen (secondary N) is 1. The number of hydrogen-bond donors (Lipinski definition) is 1. The number of hydrogen-bond acceptors (Lipinski definition) is 6. The number of amides is 1. The second kappa shape index (κ2) is 6.61. The van der Waals surface area contributed by atoms with Crippen LogP contribution in [0.15, 0.2) is 41.6 Å². The van der Waals surface area contributed by atoms with Crippen molar-refractivity contribution in [1.29, 1.82) is 0 Å². The largest absolute Gasteiger partial charge is 0.310 e. The van der Waals surface area contributed by atoms with Crippen molar-refractivity contribution >= 4 is 23.5 Å². The standard InChI is InChI=1S/C14H15N7OS/c1-10-8-12(20(2)17-10)15-13(22)9-23-14-16-18-19-21(14)11-6-4-3-5-7-11/h3-8H,9H2,1-2H3,(H,15,22). The van der Waals surface area contributed by atoms with E-state index in [1.165, 1.54) is 11.8 Å².